The topological polar surface area (TPSA) is 143 Å². The highest BCUT2D eigenvalue weighted by Crippen LogP contribution is 2.47. The molecule has 0 atom stereocenters. The number of anilines is 1. The van der Waals surface area contributed by atoms with Gasteiger partial charge >= 0.3 is 0 Å². The monoisotopic (exact) mass is 703 g/mol. The highest BCUT2D eigenvalue weighted by Gasteiger charge is 2.37. The minimum absolute atomic E-state index is 0.0443. The number of sulfone groups is 1. The summed E-state index contributed by atoms with van der Waals surface area (Å²) in [6.07, 6.45) is 10.7. The van der Waals surface area contributed by atoms with E-state index < -0.39 is 9.84 Å². The molecule has 2 N–H and O–H groups in total. The van der Waals surface area contributed by atoms with Gasteiger partial charge in [-0.1, -0.05) is 32.4 Å². The Morgan fingerprint density at radius 1 is 1.06 bits per heavy atom. The van der Waals surface area contributed by atoms with Gasteiger partial charge < -0.3 is 19.6 Å². The molecule has 3 aliphatic rings. The molecule has 260 valence electrons. The van der Waals surface area contributed by atoms with Crippen LogP contribution in [0.3, 0.4) is 0 Å². The zero-order chi connectivity index (χ0) is 34.5. The van der Waals surface area contributed by atoms with Gasteiger partial charge in [-0.3, -0.25) is 4.98 Å². The fourth-order valence-electron chi connectivity index (χ4n) is 6.81. The number of pyridine rings is 2. The number of methoxy groups -OCH3 is 1. The van der Waals surface area contributed by atoms with Gasteiger partial charge in [0.1, 0.15) is 11.6 Å². The number of thiophene rings is 1. The van der Waals surface area contributed by atoms with E-state index in [0.717, 1.165) is 58.9 Å². The van der Waals surface area contributed by atoms with E-state index >= 15 is 0 Å². The van der Waals surface area contributed by atoms with Crippen LogP contribution in [0.4, 0.5) is 5.82 Å². The molecular weight excluding hydrogens is 659 g/mol. The second kappa shape index (κ2) is 15.3. The van der Waals surface area contributed by atoms with Crippen LogP contribution in [0.25, 0.3) is 32.0 Å². The molecular formula is C37H45N5O5S2. The van der Waals surface area contributed by atoms with Crippen molar-refractivity contribution in [1.82, 2.24) is 20.2 Å². The van der Waals surface area contributed by atoms with Crippen molar-refractivity contribution in [3.63, 3.8) is 0 Å². The average Bonchev–Trinajstić information content (AvgIpc) is 3.91. The Balaban J connectivity index is 0.000000248. The smallest absolute Gasteiger partial charge is 0.250 e. The third-order valence-electron chi connectivity index (χ3n) is 9.12. The molecule has 0 unspecified atom stereocenters. The largest absolute Gasteiger partial charge is 0.496 e. The summed E-state index contributed by atoms with van der Waals surface area (Å²) in [7, 11) is -1.77. The first-order valence-corrected chi connectivity index (χ1v) is 19.7. The Morgan fingerprint density at radius 3 is 2.57 bits per heavy atom. The first-order chi connectivity index (χ1) is 23.7. The van der Waals surface area contributed by atoms with Crippen molar-refractivity contribution >= 4 is 37.1 Å². The average molecular weight is 704 g/mol. The third kappa shape index (κ3) is 7.51. The van der Waals surface area contributed by atoms with Crippen molar-refractivity contribution in [2.45, 2.75) is 83.5 Å². The number of hydrogen-bond acceptors (Lipinski definition) is 11. The standard InChI is InChI=1S/C24H25N5O4S2.C10H12O.C3H8/c1-13-28-29-24(33-13)19-16(3-2-14-5-9-32-10-6-14)27-17-7-11-35(30,31)22(17)20(19)18-12-15-4-8-26-23(25)21(15)34-18;1-11-10-7-3-5-8-4-2-6-9(8)10;1-3-2/h4,8,12,14H,2-3,5-7,9-11H2,1H3,(H2,25,26);3,5,7H,2,4,6H2,1H3;3H2,1-2H3. The Kier molecular flexibility index (Phi) is 11.0. The lowest BCUT2D eigenvalue weighted by molar-refractivity contribution is 0.0639. The van der Waals surface area contributed by atoms with Crippen LogP contribution in [0, 0.1) is 12.8 Å². The molecule has 0 amide bonds. The summed E-state index contributed by atoms with van der Waals surface area (Å²) < 4.78 is 44.0. The van der Waals surface area contributed by atoms with Gasteiger partial charge in [0.05, 0.1) is 39.4 Å². The van der Waals surface area contributed by atoms with Gasteiger partial charge in [-0.05, 0) is 85.6 Å². The van der Waals surface area contributed by atoms with E-state index in [4.69, 9.17) is 24.6 Å². The first kappa shape index (κ1) is 35.0. The molecule has 12 heteroatoms. The zero-order valence-corrected chi connectivity index (χ0v) is 30.4. The van der Waals surface area contributed by atoms with Crippen LogP contribution in [0.15, 0.2) is 45.8 Å². The van der Waals surface area contributed by atoms with E-state index in [-0.39, 0.29) is 10.6 Å². The van der Waals surface area contributed by atoms with E-state index in [0.29, 0.717) is 53.2 Å². The summed E-state index contributed by atoms with van der Waals surface area (Å²) in [5.74, 6) is 2.78. The quantitative estimate of drug-likeness (QED) is 0.188. The van der Waals surface area contributed by atoms with E-state index in [1.807, 2.05) is 18.2 Å². The van der Waals surface area contributed by atoms with Gasteiger partial charge in [0.15, 0.2) is 9.84 Å². The predicted octanol–water partition coefficient (Wildman–Crippen LogP) is 7.59. The highest BCUT2D eigenvalue weighted by molar-refractivity contribution is 7.91. The number of benzene rings is 1. The fourth-order valence-corrected chi connectivity index (χ4v) is 9.69. The number of aryl methyl sites for hydroxylation is 4. The zero-order valence-electron chi connectivity index (χ0n) is 28.8. The minimum Gasteiger partial charge on any atom is -0.496 e. The number of aromatic nitrogens is 4. The second-order valence-corrected chi connectivity index (χ2v) is 15.9. The van der Waals surface area contributed by atoms with Gasteiger partial charge in [-0.2, -0.15) is 0 Å². The van der Waals surface area contributed by atoms with Gasteiger partial charge in [-0.25, -0.2) is 13.4 Å². The van der Waals surface area contributed by atoms with Crippen molar-refractivity contribution < 1.29 is 22.3 Å². The van der Waals surface area contributed by atoms with Gasteiger partial charge in [0.25, 0.3) is 0 Å². The summed E-state index contributed by atoms with van der Waals surface area (Å²) in [6.45, 7) is 7.53. The summed E-state index contributed by atoms with van der Waals surface area (Å²) >= 11 is 1.43. The molecule has 0 saturated carbocycles. The van der Waals surface area contributed by atoms with Crippen molar-refractivity contribution in [1.29, 1.82) is 0 Å². The van der Waals surface area contributed by atoms with Crippen LogP contribution in [0.1, 0.15) is 74.4 Å². The number of nitrogens with zero attached hydrogens (tertiary/aromatic N) is 4. The molecule has 2 aliphatic heterocycles. The molecule has 49 heavy (non-hydrogen) atoms. The lowest BCUT2D eigenvalue weighted by Crippen LogP contribution is -2.16. The van der Waals surface area contributed by atoms with Crippen LogP contribution in [0.2, 0.25) is 0 Å². The Morgan fingerprint density at radius 2 is 1.86 bits per heavy atom. The minimum atomic E-state index is -3.52. The maximum absolute atomic E-state index is 13.3. The van der Waals surface area contributed by atoms with Crippen LogP contribution in [0.5, 0.6) is 5.75 Å². The molecule has 1 saturated heterocycles. The Labute approximate surface area is 292 Å². The normalized spacial score (nSPS) is 16.3. The van der Waals surface area contributed by atoms with Crippen molar-refractivity contribution in [2.75, 3.05) is 31.8 Å². The van der Waals surface area contributed by atoms with E-state index in [9.17, 15) is 8.42 Å². The maximum Gasteiger partial charge on any atom is 0.250 e. The Bertz CT molecular complexity index is 2030. The predicted molar refractivity (Wildman–Crippen MR) is 194 cm³/mol. The molecule has 0 radical (unpaired) electrons. The molecule has 1 fully saturated rings. The second-order valence-electron chi connectivity index (χ2n) is 12.8. The first-order valence-electron chi connectivity index (χ1n) is 17.2. The summed E-state index contributed by atoms with van der Waals surface area (Å²) in [5.41, 5.74) is 11.7. The molecule has 8 rings (SSSR count). The lowest BCUT2D eigenvalue weighted by atomic mass is 9.91. The highest BCUT2D eigenvalue weighted by atomic mass is 32.2. The van der Waals surface area contributed by atoms with Crippen LogP contribution < -0.4 is 10.5 Å². The maximum atomic E-state index is 13.3. The molecule has 4 aromatic heterocycles. The molecule has 6 heterocycles. The van der Waals surface area contributed by atoms with Crippen LogP contribution in [-0.4, -0.2) is 54.7 Å². The molecule has 1 aliphatic carbocycles. The van der Waals surface area contributed by atoms with Crippen molar-refractivity contribution in [2.24, 2.45) is 5.92 Å². The summed E-state index contributed by atoms with van der Waals surface area (Å²) in [6, 6.07) is 10.2. The van der Waals surface area contributed by atoms with Gasteiger partial charge in [0, 0.05) is 43.2 Å². The van der Waals surface area contributed by atoms with E-state index in [2.05, 4.69) is 41.2 Å². The fraction of sp³-hybridized carbons (Fsp3) is 0.459. The van der Waals surface area contributed by atoms with Crippen LogP contribution >= 0.6 is 11.3 Å². The Hall–Kier alpha value is -3.87. The molecule has 5 aromatic rings. The SMILES string of the molecule is CCC.COc1cccc2c1CCC2.Cc1nnc(-c2c(CCC3CCOCC3)nc3c(c2-c2cc4ccnc(N)c4s2)S(=O)(=O)CC3)o1. The lowest BCUT2D eigenvalue weighted by Gasteiger charge is -2.22. The van der Waals surface area contributed by atoms with E-state index in [1.165, 1.54) is 48.1 Å². The summed E-state index contributed by atoms with van der Waals surface area (Å²) in [4.78, 5) is 10.2. The van der Waals surface area contributed by atoms with Gasteiger partial charge in [-0.15, -0.1) is 21.5 Å². The number of fused-ring (bicyclic) bond motifs is 3. The number of nitrogen functional groups attached to an aromatic ring is 1. The number of rotatable bonds is 6. The van der Waals surface area contributed by atoms with E-state index in [1.54, 1.807) is 20.2 Å². The molecule has 0 spiro atoms. The summed E-state index contributed by atoms with van der Waals surface area (Å²) in [5, 5.41) is 9.25. The molecule has 10 nitrogen and oxygen atoms in total. The number of nitrogens with two attached hydrogens (primary N) is 1. The number of hydrogen-bond donors (Lipinski definition) is 1. The third-order valence-corrected chi connectivity index (χ3v) is 12.1. The van der Waals surface area contributed by atoms with Crippen LogP contribution in [-0.2, 0) is 40.3 Å². The molecule has 1 aromatic carbocycles. The van der Waals surface area contributed by atoms with Gasteiger partial charge in [0.2, 0.25) is 11.8 Å². The number of ether oxygens (including phenoxy) is 2. The molecule has 0 bridgehead atoms. The van der Waals surface area contributed by atoms with Crippen molar-refractivity contribution in [3.05, 3.63) is 64.9 Å². The van der Waals surface area contributed by atoms with Crippen molar-refractivity contribution in [3.8, 4) is 27.6 Å².